The van der Waals surface area contributed by atoms with Crippen molar-refractivity contribution in [2.45, 2.75) is 6.92 Å². The molecule has 1 aromatic rings. The number of carboxylic acids is 1. The zero-order valence-corrected chi connectivity index (χ0v) is 7.62. The smallest absolute Gasteiger partial charge is 0.328 e. The zero-order chi connectivity index (χ0) is 10.7. The number of carbonyl (C=O) groups is 1. The Labute approximate surface area is 80.7 Å². The first-order chi connectivity index (χ1) is 6.50. The Morgan fingerprint density at radius 1 is 1.57 bits per heavy atom. The van der Waals surface area contributed by atoms with Gasteiger partial charge < -0.3 is 10.8 Å². The third-order valence-electron chi connectivity index (χ3n) is 1.80. The van der Waals surface area contributed by atoms with Gasteiger partial charge in [0, 0.05) is 6.08 Å². The lowest BCUT2D eigenvalue weighted by atomic mass is 10.1. The summed E-state index contributed by atoms with van der Waals surface area (Å²) in [4.78, 5) is 10.3. The monoisotopic (exact) mass is 195 g/mol. The number of benzene rings is 1. The third kappa shape index (κ3) is 2.32. The summed E-state index contributed by atoms with van der Waals surface area (Å²) >= 11 is 0. The minimum absolute atomic E-state index is 0.0527. The van der Waals surface area contributed by atoms with Gasteiger partial charge in [-0.1, -0.05) is 6.07 Å². The van der Waals surface area contributed by atoms with Gasteiger partial charge in [-0.2, -0.15) is 0 Å². The van der Waals surface area contributed by atoms with Gasteiger partial charge in [0.1, 0.15) is 5.82 Å². The molecule has 4 heteroatoms. The molecule has 0 aliphatic heterocycles. The van der Waals surface area contributed by atoms with Gasteiger partial charge >= 0.3 is 5.97 Å². The molecule has 0 radical (unpaired) electrons. The first-order valence-corrected chi connectivity index (χ1v) is 3.97. The van der Waals surface area contributed by atoms with E-state index in [0.717, 1.165) is 6.08 Å². The van der Waals surface area contributed by atoms with Crippen molar-refractivity contribution in [1.82, 2.24) is 0 Å². The maximum Gasteiger partial charge on any atom is 0.328 e. The van der Waals surface area contributed by atoms with E-state index in [4.69, 9.17) is 10.8 Å². The first-order valence-electron chi connectivity index (χ1n) is 3.97. The van der Waals surface area contributed by atoms with E-state index >= 15 is 0 Å². The number of allylic oxidation sites excluding steroid dienone is 1. The highest BCUT2D eigenvalue weighted by Gasteiger charge is 2.02. The fourth-order valence-electron chi connectivity index (χ4n) is 1.04. The molecule has 74 valence electrons. The number of nitrogens with two attached hydrogens (primary N) is 1. The van der Waals surface area contributed by atoms with Crippen LogP contribution in [0.3, 0.4) is 0 Å². The number of nitrogen functional groups attached to an aromatic ring is 1. The molecule has 3 N–H and O–H groups in total. The Balaban J connectivity index is 3.09. The Kier molecular flexibility index (Phi) is 2.86. The van der Waals surface area contributed by atoms with Crippen LogP contribution in [0.5, 0.6) is 0 Å². The normalized spacial score (nSPS) is 11.4. The summed E-state index contributed by atoms with van der Waals surface area (Å²) in [5, 5.41) is 8.47. The van der Waals surface area contributed by atoms with E-state index in [0.29, 0.717) is 11.1 Å². The molecule has 0 aliphatic rings. The molecule has 0 amide bonds. The van der Waals surface area contributed by atoms with Crippen LogP contribution in [0, 0.1) is 5.82 Å². The minimum atomic E-state index is -1.06. The largest absolute Gasteiger partial charge is 0.478 e. The number of aliphatic carboxylic acids is 1. The Bertz CT molecular complexity index is 399. The topological polar surface area (TPSA) is 63.3 Å². The summed E-state index contributed by atoms with van der Waals surface area (Å²) in [6, 6.07) is 4.20. The van der Waals surface area contributed by atoms with Crippen LogP contribution in [-0.2, 0) is 4.79 Å². The standard InChI is InChI=1S/C10H10FNO2/c1-6(4-10(13)14)7-2-3-9(12)8(11)5-7/h2-5H,12H2,1H3,(H,13,14)/b6-4-. The van der Waals surface area contributed by atoms with E-state index in [9.17, 15) is 9.18 Å². The fourth-order valence-corrected chi connectivity index (χ4v) is 1.04. The van der Waals surface area contributed by atoms with Crippen molar-refractivity contribution >= 4 is 17.2 Å². The van der Waals surface area contributed by atoms with Crippen molar-refractivity contribution in [3.05, 3.63) is 35.7 Å². The molecule has 1 rings (SSSR count). The lowest BCUT2D eigenvalue weighted by Gasteiger charge is -2.02. The number of halogens is 1. The van der Waals surface area contributed by atoms with Gasteiger partial charge in [0.15, 0.2) is 0 Å². The van der Waals surface area contributed by atoms with E-state index < -0.39 is 11.8 Å². The Hall–Kier alpha value is -1.84. The van der Waals surface area contributed by atoms with Crippen molar-refractivity contribution in [3.63, 3.8) is 0 Å². The van der Waals surface area contributed by atoms with E-state index in [1.165, 1.54) is 12.1 Å². The molecule has 0 saturated heterocycles. The van der Waals surface area contributed by atoms with Crippen LogP contribution in [0.2, 0.25) is 0 Å². The van der Waals surface area contributed by atoms with Crippen LogP contribution in [0.15, 0.2) is 24.3 Å². The number of anilines is 1. The molecule has 3 nitrogen and oxygen atoms in total. The van der Waals surface area contributed by atoms with E-state index in [1.807, 2.05) is 0 Å². The lowest BCUT2D eigenvalue weighted by Crippen LogP contribution is -1.93. The van der Waals surface area contributed by atoms with Crippen LogP contribution in [0.25, 0.3) is 5.57 Å². The van der Waals surface area contributed by atoms with E-state index in [2.05, 4.69) is 0 Å². The summed E-state index contributed by atoms with van der Waals surface area (Å²) in [6.45, 7) is 1.60. The summed E-state index contributed by atoms with van der Waals surface area (Å²) < 4.78 is 13.0. The van der Waals surface area contributed by atoms with Crippen LogP contribution in [0.1, 0.15) is 12.5 Å². The summed E-state index contributed by atoms with van der Waals surface area (Å²) in [7, 11) is 0. The highest BCUT2D eigenvalue weighted by Crippen LogP contribution is 2.18. The number of carboxylic acid groups (broad SMARTS) is 1. The molecule has 14 heavy (non-hydrogen) atoms. The fraction of sp³-hybridized carbons (Fsp3) is 0.100. The average Bonchev–Trinajstić information content (AvgIpc) is 2.08. The molecular formula is C10H10FNO2. The number of rotatable bonds is 2. The molecule has 0 heterocycles. The van der Waals surface area contributed by atoms with Crippen molar-refractivity contribution in [1.29, 1.82) is 0 Å². The molecule has 0 bridgehead atoms. The van der Waals surface area contributed by atoms with Gasteiger partial charge in [-0.15, -0.1) is 0 Å². The minimum Gasteiger partial charge on any atom is -0.478 e. The SMILES string of the molecule is C/C(=C/C(=O)O)c1ccc(N)c(F)c1. The highest BCUT2D eigenvalue weighted by molar-refractivity contribution is 5.89. The third-order valence-corrected chi connectivity index (χ3v) is 1.80. The van der Waals surface area contributed by atoms with Crippen LogP contribution < -0.4 is 5.73 Å². The van der Waals surface area contributed by atoms with E-state index in [1.54, 1.807) is 13.0 Å². The van der Waals surface area contributed by atoms with Gasteiger partial charge in [-0.25, -0.2) is 9.18 Å². The molecule has 1 aromatic carbocycles. The van der Waals surface area contributed by atoms with Gasteiger partial charge in [0.25, 0.3) is 0 Å². The van der Waals surface area contributed by atoms with Crippen molar-refractivity contribution in [2.75, 3.05) is 5.73 Å². The molecule has 0 saturated carbocycles. The zero-order valence-electron chi connectivity index (χ0n) is 7.62. The first kappa shape index (κ1) is 10.2. The second-order valence-electron chi connectivity index (χ2n) is 2.90. The average molecular weight is 195 g/mol. The predicted molar refractivity (Wildman–Crippen MR) is 52.1 cm³/mol. The highest BCUT2D eigenvalue weighted by atomic mass is 19.1. The second-order valence-corrected chi connectivity index (χ2v) is 2.90. The maximum absolute atomic E-state index is 13.0. The maximum atomic E-state index is 13.0. The summed E-state index contributed by atoms with van der Waals surface area (Å²) in [5.41, 5.74) is 6.33. The van der Waals surface area contributed by atoms with Crippen LogP contribution >= 0.6 is 0 Å². The van der Waals surface area contributed by atoms with E-state index in [-0.39, 0.29) is 5.69 Å². The number of hydrogen-bond donors (Lipinski definition) is 2. The second kappa shape index (κ2) is 3.91. The number of hydrogen-bond acceptors (Lipinski definition) is 2. The Morgan fingerprint density at radius 3 is 2.71 bits per heavy atom. The molecule has 0 aliphatic carbocycles. The molecule has 0 fully saturated rings. The molecule has 0 aromatic heterocycles. The molecule has 0 spiro atoms. The summed E-state index contributed by atoms with van der Waals surface area (Å²) in [5.74, 6) is -1.60. The quantitative estimate of drug-likeness (QED) is 0.559. The molecule has 0 unspecified atom stereocenters. The Morgan fingerprint density at radius 2 is 2.21 bits per heavy atom. The van der Waals surface area contributed by atoms with Crippen LogP contribution in [0.4, 0.5) is 10.1 Å². The van der Waals surface area contributed by atoms with Gasteiger partial charge in [0.2, 0.25) is 0 Å². The van der Waals surface area contributed by atoms with Crippen molar-refractivity contribution in [2.24, 2.45) is 0 Å². The molecule has 0 atom stereocenters. The van der Waals surface area contributed by atoms with Gasteiger partial charge in [-0.05, 0) is 30.2 Å². The lowest BCUT2D eigenvalue weighted by molar-refractivity contribution is -0.131. The summed E-state index contributed by atoms with van der Waals surface area (Å²) in [6.07, 6.45) is 1.02. The van der Waals surface area contributed by atoms with Gasteiger partial charge in [0.05, 0.1) is 5.69 Å². The van der Waals surface area contributed by atoms with Crippen molar-refractivity contribution < 1.29 is 14.3 Å². The van der Waals surface area contributed by atoms with Gasteiger partial charge in [-0.3, -0.25) is 0 Å². The molecular weight excluding hydrogens is 185 g/mol. The van der Waals surface area contributed by atoms with Crippen LogP contribution in [-0.4, -0.2) is 11.1 Å². The van der Waals surface area contributed by atoms with Crippen molar-refractivity contribution in [3.8, 4) is 0 Å². The predicted octanol–water partition coefficient (Wildman–Crippen LogP) is 1.90.